The molecule has 0 rings (SSSR count). The highest BCUT2D eigenvalue weighted by Gasteiger charge is 2.00. The van der Waals surface area contributed by atoms with Crippen LogP contribution in [0.3, 0.4) is 0 Å². The molecule has 0 aromatic carbocycles. The molecule has 0 aromatic rings. The molecular formula is C22H42O2. The molecule has 0 heterocycles. The Hall–Kier alpha value is -0.790. The molecule has 0 N–H and O–H groups in total. The van der Waals surface area contributed by atoms with E-state index >= 15 is 0 Å². The SMILES string of the molecule is CCCCCCCCCC/C=C\CCCCCCCC(=O)OCC. The summed E-state index contributed by atoms with van der Waals surface area (Å²) in [5.41, 5.74) is 0. The fourth-order valence-electron chi connectivity index (χ4n) is 2.93. The second kappa shape index (κ2) is 20.3. The normalized spacial score (nSPS) is 11.2. The predicted molar refractivity (Wildman–Crippen MR) is 105 cm³/mol. The molecule has 0 aliphatic carbocycles. The van der Waals surface area contributed by atoms with E-state index in [9.17, 15) is 4.79 Å². The van der Waals surface area contributed by atoms with Gasteiger partial charge in [0.1, 0.15) is 0 Å². The van der Waals surface area contributed by atoms with Gasteiger partial charge >= 0.3 is 5.97 Å². The second-order valence-corrected chi connectivity index (χ2v) is 6.85. The summed E-state index contributed by atoms with van der Waals surface area (Å²) in [6.45, 7) is 4.64. The molecule has 0 atom stereocenters. The molecule has 0 unspecified atom stereocenters. The third-order valence-electron chi connectivity index (χ3n) is 4.45. The number of hydrogen-bond donors (Lipinski definition) is 0. The Balaban J connectivity index is 3.12. The zero-order valence-electron chi connectivity index (χ0n) is 16.5. The van der Waals surface area contributed by atoms with E-state index in [0.717, 1.165) is 12.8 Å². The van der Waals surface area contributed by atoms with Crippen molar-refractivity contribution >= 4 is 5.97 Å². The van der Waals surface area contributed by atoms with Gasteiger partial charge in [0.25, 0.3) is 0 Å². The molecule has 2 heteroatoms. The molecule has 2 nitrogen and oxygen atoms in total. The van der Waals surface area contributed by atoms with Gasteiger partial charge in [0.2, 0.25) is 0 Å². The van der Waals surface area contributed by atoms with Crippen LogP contribution in [0.1, 0.15) is 117 Å². The number of carbonyl (C=O) groups excluding carboxylic acids is 1. The first-order chi connectivity index (χ1) is 11.8. The average Bonchev–Trinajstić information content (AvgIpc) is 2.58. The third-order valence-corrected chi connectivity index (χ3v) is 4.45. The van der Waals surface area contributed by atoms with Gasteiger partial charge in [0.15, 0.2) is 0 Å². The largest absolute Gasteiger partial charge is 0.466 e. The van der Waals surface area contributed by atoms with E-state index in [4.69, 9.17) is 4.74 Å². The molecule has 142 valence electrons. The highest BCUT2D eigenvalue weighted by Crippen LogP contribution is 2.11. The van der Waals surface area contributed by atoms with E-state index in [0.29, 0.717) is 13.0 Å². The lowest BCUT2D eigenvalue weighted by Crippen LogP contribution is -2.03. The molecule has 0 amide bonds. The Kier molecular flexibility index (Phi) is 19.6. The predicted octanol–water partition coefficient (Wildman–Crippen LogP) is 7.37. The summed E-state index contributed by atoms with van der Waals surface area (Å²) in [6, 6.07) is 0. The molecule has 0 aromatic heterocycles. The van der Waals surface area contributed by atoms with Gasteiger partial charge in [-0.25, -0.2) is 0 Å². The van der Waals surface area contributed by atoms with Crippen molar-refractivity contribution in [2.24, 2.45) is 0 Å². The van der Waals surface area contributed by atoms with Gasteiger partial charge in [-0.2, -0.15) is 0 Å². The molecule has 0 bridgehead atoms. The Morgan fingerprint density at radius 3 is 1.62 bits per heavy atom. The number of unbranched alkanes of at least 4 members (excludes halogenated alkanes) is 13. The van der Waals surface area contributed by atoms with Gasteiger partial charge < -0.3 is 4.74 Å². The summed E-state index contributed by atoms with van der Waals surface area (Å²) in [5.74, 6) is -0.0404. The van der Waals surface area contributed by atoms with E-state index in [1.807, 2.05) is 6.92 Å². The van der Waals surface area contributed by atoms with E-state index in [-0.39, 0.29) is 5.97 Å². The lowest BCUT2D eigenvalue weighted by atomic mass is 10.1. The van der Waals surface area contributed by atoms with Crippen molar-refractivity contribution < 1.29 is 9.53 Å². The molecule has 24 heavy (non-hydrogen) atoms. The summed E-state index contributed by atoms with van der Waals surface area (Å²) < 4.78 is 4.92. The fraction of sp³-hybridized carbons (Fsp3) is 0.864. The van der Waals surface area contributed by atoms with E-state index in [2.05, 4.69) is 19.1 Å². The third kappa shape index (κ3) is 19.3. The number of carbonyl (C=O) groups is 1. The summed E-state index contributed by atoms with van der Waals surface area (Å²) >= 11 is 0. The van der Waals surface area contributed by atoms with Crippen molar-refractivity contribution in [1.82, 2.24) is 0 Å². The molecule has 0 aliphatic rings. The first-order valence-corrected chi connectivity index (χ1v) is 10.6. The topological polar surface area (TPSA) is 26.3 Å². The molecular weight excluding hydrogens is 296 g/mol. The van der Waals surface area contributed by atoms with Crippen LogP contribution in [0, 0.1) is 0 Å². The molecule has 0 saturated heterocycles. The number of allylic oxidation sites excluding steroid dienone is 2. The van der Waals surface area contributed by atoms with Crippen molar-refractivity contribution in [3.8, 4) is 0 Å². The van der Waals surface area contributed by atoms with Crippen LogP contribution in [0.5, 0.6) is 0 Å². The Bertz CT molecular complexity index is 284. The number of rotatable bonds is 18. The van der Waals surface area contributed by atoms with Crippen molar-refractivity contribution in [3.63, 3.8) is 0 Å². The Morgan fingerprint density at radius 2 is 1.12 bits per heavy atom. The zero-order chi connectivity index (χ0) is 17.7. The maximum atomic E-state index is 11.2. The summed E-state index contributed by atoms with van der Waals surface area (Å²) in [6.07, 6.45) is 25.0. The average molecular weight is 339 g/mol. The molecule has 0 aliphatic heterocycles. The lowest BCUT2D eigenvalue weighted by molar-refractivity contribution is -0.143. The van der Waals surface area contributed by atoms with Crippen LogP contribution < -0.4 is 0 Å². The Labute approximate surface area is 151 Å². The number of esters is 1. The van der Waals surface area contributed by atoms with Crippen LogP contribution in [-0.2, 0) is 9.53 Å². The minimum atomic E-state index is -0.0404. The van der Waals surface area contributed by atoms with Crippen molar-refractivity contribution in [2.45, 2.75) is 117 Å². The van der Waals surface area contributed by atoms with E-state index in [1.165, 1.54) is 83.5 Å². The second-order valence-electron chi connectivity index (χ2n) is 6.85. The van der Waals surface area contributed by atoms with Gasteiger partial charge in [-0.3, -0.25) is 4.79 Å². The van der Waals surface area contributed by atoms with Crippen molar-refractivity contribution in [2.75, 3.05) is 6.61 Å². The lowest BCUT2D eigenvalue weighted by Gasteiger charge is -2.01. The smallest absolute Gasteiger partial charge is 0.305 e. The van der Waals surface area contributed by atoms with Crippen LogP contribution in [0.25, 0.3) is 0 Å². The van der Waals surface area contributed by atoms with Crippen molar-refractivity contribution in [3.05, 3.63) is 12.2 Å². The minimum absolute atomic E-state index is 0.0404. The minimum Gasteiger partial charge on any atom is -0.466 e. The monoisotopic (exact) mass is 338 g/mol. The van der Waals surface area contributed by atoms with E-state index in [1.54, 1.807) is 0 Å². The highest BCUT2D eigenvalue weighted by atomic mass is 16.5. The van der Waals surface area contributed by atoms with Gasteiger partial charge in [-0.1, -0.05) is 83.3 Å². The van der Waals surface area contributed by atoms with Crippen LogP contribution in [0.2, 0.25) is 0 Å². The first kappa shape index (κ1) is 23.2. The number of hydrogen-bond acceptors (Lipinski definition) is 2. The molecule has 0 radical (unpaired) electrons. The van der Waals surface area contributed by atoms with Crippen LogP contribution in [-0.4, -0.2) is 12.6 Å². The molecule has 0 saturated carbocycles. The quantitative estimate of drug-likeness (QED) is 0.148. The molecule has 0 spiro atoms. The Morgan fingerprint density at radius 1 is 0.667 bits per heavy atom. The van der Waals surface area contributed by atoms with Gasteiger partial charge in [-0.15, -0.1) is 0 Å². The summed E-state index contributed by atoms with van der Waals surface area (Å²) in [5, 5.41) is 0. The maximum Gasteiger partial charge on any atom is 0.305 e. The van der Waals surface area contributed by atoms with Gasteiger partial charge in [-0.05, 0) is 39.0 Å². The van der Waals surface area contributed by atoms with Gasteiger partial charge in [0, 0.05) is 6.42 Å². The van der Waals surface area contributed by atoms with Crippen LogP contribution in [0.4, 0.5) is 0 Å². The maximum absolute atomic E-state index is 11.2. The van der Waals surface area contributed by atoms with Gasteiger partial charge in [0.05, 0.1) is 6.61 Å². The molecule has 0 fully saturated rings. The first-order valence-electron chi connectivity index (χ1n) is 10.6. The standard InChI is InChI=1S/C22H42O2/c1-3-5-6-7-8-9-10-11-12-13-14-15-16-17-18-19-20-21-22(23)24-4-2/h13-14H,3-12,15-21H2,1-2H3/b14-13-. The zero-order valence-corrected chi connectivity index (χ0v) is 16.5. The van der Waals surface area contributed by atoms with Crippen LogP contribution >= 0.6 is 0 Å². The van der Waals surface area contributed by atoms with E-state index < -0.39 is 0 Å². The highest BCUT2D eigenvalue weighted by molar-refractivity contribution is 5.69. The fourth-order valence-corrected chi connectivity index (χ4v) is 2.93. The summed E-state index contributed by atoms with van der Waals surface area (Å²) in [4.78, 5) is 11.2. The number of ether oxygens (including phenoxy) is 1. The summed E-state index contributed by atoms with van der Waals surface area (Å²) in [7, 11) is 0. The van der Waals surface area contributed by atoms with Crippen LogP contribution in [0.15, 0.2) is 12.2 Å². The van der Waals surface area contributed by atoms with Crippen molar-refractivity contribution in [1.29, 1.82) is 0 Å².